The van der Waals surface area contributed by atoms with Crippen LogP contribution in [-0.2, 0) is 11.2 Å². The normalized spacial score (nSPS) is 11.2. The Morgan fingerprint density at radius 2 is 1.92 bits per heavy atom. The Balaban J connectivity index is 1.63. The van der Waals surface area contributed by atoms with Crippen molar-refractivity contribution in [1.82, 2.24) is 4.98 Å². The number of nitrogens with zero attached hydrogens (tertiary/aromatic N) is 1. The van der Waals surface area contributed by atoms with Crippen LogP contribution in [0.1, 0.15) is 43.2 Å². The highest BCUT2D eigenvalue weighted by molar-refractivity contribution is 5.92. The summed E-state index contributed by atoms with van der Waals surface area (Å²) in [5, 5.41) is 2.93. The number of rotatable bonds is 5. The van der Waals surface area contributed by atoms with Gasteiger partial charge in [-0.25, -0.2) is 4.98 Å². The van der Waals surface area contributed by atoms with Crippen molar-refractivity contribution in [2.45, 2.75) is 39.5 Å². The van der Waals surface area contributed by atoms with Crippen LogP contribution >= 0.6 is 0 Å². The lowest BCUT2D eigenvalue weighted by atomic mass is 10.1. The SMILES string of the molecule is Cc1ccc(CCC(=O)Nc2ccc3nc(C(C)C)oc3c2)cc1. The van der Waals surface area contributed by atoms with Crippen molar-refractivity contribution >= 4 is 22.7 Å². The van der Waals surface area contributed by atoms with Gasteiger partial charge in [0.05, 0.1) is 0 Å². The highest BCUT2D eigenvalue weighted by atomic mass is 16.3. The minimum atomic E-state index is -0.00137. The lowest BCUT2D eigenvalue weighted by Crippen LogP contribution is -2.12. The van der Waals surface area contributed by atoms with Crippen LogP contribution in [-0.4, -0.2) is 10.9 Å². The fraction of sp³-hybridized carbons (Fsp3) is 0.300. The third-order valence-corrected chi connectivity index (χ3v) is 3.94. The molecule has 3 rings (SSSR count). The molecule has 0 saturated carbocycles. The topological polar surface area (TPSA) is 55.1 Å². The molecular formula is C20H22N2O2. The van der Waals surface area contributed by atoms with Gasteiger partial charge in [-0.3, -0.25) is 4.79 Å². The number of aryl methyl sites for hydroxylation is 2. The molecule has 0 fully saturated rings. The first kappa shape index (κ1) is 16.2. The Hall–Kier alpha value is -2.62. The molecule has 3 aromatic rings. The number of carbonyl (C=O) groups is 1. The van der Waals surface area contributed by atoms with Crippen LogP contribution in [0.2, 0.25) is 0 Å². The van der Waals surface area contributed by atoms with Gasteiger partial charge in [0.2, 0.25) is 5.91 Å². The lowest BCUT2D eigenvalue weighted by Gasteiger charge is -2.05. The maximum absolute atomic E-state index is 12.1. The van der Waals surface area contributed by atoms with E-state index in [1.165, 1.54) is 11.1 Å². The Bertz CT molecular complexity index is 848. The number of aromatic nitrogens is 1. The number of carbonyl (C=O) groups excluding carboxylic acids is 1. The van der Waals surface area contributed by atoms with E-state index >= 15 is 0 Å². The smallest absolute Gasteiger partial charge is 0.224 e. The van der Waals surface area contributed by atoms with E-state index in [-0.39, 0.29) is 11.8 Å². The van der Waals surface area contributed by atoms with Crippen molar-refractivity contribution in [3.05, 3.63) is 59.5 Å². The van der Waals surface area contributed by atoms with Gasteiger partial charge in [0.1, 0.15) is 5.52 Å². The van der Waals surface area contributed by atoms with E-state index in [1.54, 1.807) is 0 Å². The molecule has 1 heterocycles. The molecular weight excluding hydrogens is 300 g/mol. The van der Waals surface area contributed by atoms with Gasteiger partial charge in [0, 0.05) is 24.1 Å². The highest BCUT2D eigenvalue weighted by Gasteiger charge is 2.10. The molecule has 124 valence electrons. The Morgan fingerprint density at radius 3 is 2.62 bits per heavy atom. The quantitative estimate of drug-likeness (QED) is 0.732. The van der Waals surface area contributed by atoms with Crippen LogP contribution in [0.3, 0.4) is 0 Å². The van der Waals surface area contributed by atoms with Crippen molar-refractivity contribution in [1.29, 1.82) is 0 Å². The summed E-state index contributed by atoms with van der Waals surface area (Å²) in [6.07, 6.45) is 1.18. The van der Waals surface area contributed by atoms with E-state index in [4.69, 9.17) is 4.42 Å². The summed E-state index contributed by atoms with van der Waals surface area (Å²) in [5.74, 6) is 0.955. The molecule has 0 radical (unpaired) electrons. The van der Waals surface area contributed by atoms with Gasteiger partial charge in [0.15, 0.2) is 11.5 Å². The summed E-state index contributed by atoms with van der Waals surface area (Å²) in [7, 11) is 0. The molecule has 4 nitrogen and oxygen atoms in total. The molecule has 0 saturated heterocycles. The average Bonchev–Trinajstić information content (AvgIpc) is 2.98. The number of hydrogen-bond acceptors (Lipinski definition) is 3. The molecule has 1 aromatic heterocycles. The molecule has 0 spiro atoms. The molecule has 0 aliphatic heterocycles. The lowest BCUT2D eigenvalue weighted by molar-refractivity contribution is -0.116. The second kappa shape index (κ2) is 6.87. The maximum Gasteiger partial charge on any atom is 0.224 e. The van der Waals surface area contributed by atoms with Crippen LogP contribution in [0.15, 0.2) is 46.9 Å². The molecule has 1 N–H and O–H groups in total. The predicted octanol–water partition coefficient (Wildman–Crippen LogP) is 4.83. The number of anilines is 1. The summed E-state index contributed by atoms with van der Waals surface area (Å²) in [5.41, 5.74) is 4.65. The van der Waals surface area contributed by atoms with Crippen molar-refractivity contribution in [2.24, 2.45) is 0 Å². The molecule has 0 unspecified atom stereocenters. The fourth-order valence-electron chi connectivity index (χ4n) is 2.50. The van der Waals surface area contributed by atoms with Crippen LogP contribution in [0.25, 0.3) is 11.1 Å². The third-order valence-electron chi connectivity index (χ3n) is 3.94. The average molecular weight is 322 g/mol. The second-order valence-electron chi connectivity index (χ2n) is 6.42. The number of nitrogens with one attached hydrogen (secondary N) is 1. The van der Waals surface area contributed by atoms with E-state index in [0.29, 0.717) is 17.9 Å². The standard InChI is InChI=1S/C20H22N2O2/c1-13(2)20-22-17-10-9-16(12-18(17)24-20)21-19(23)11-8-15-6-4-14(3)5-7-15/h4-7,9-10,12-13H,8,11H2,1-3H3,(H,21,23). The first-order valence-corrected chi connectivity index (χ1v) is 8.27. The monoisotopic (exact) mass is 322 g/mol. The van der Waals surface area contributed by atoms with Crippen molar-refractivity contribution < 1.29 is 9.21 Å². The third kappa shape index (κ3) is 3.82. The van der Waals surface area contributed by atoms with Crippen molar-refractivity contribution in [3.63, 3.8) is 0 Å². The zero-order valence-corrected chi connectivity index (χ0v) is 14.3. The number of fused-ring (bicyclic) bond motifs is 1. The molecule has 1 amide bonds. The zero-order valence-electron chi connectivity index (χ0n) is 14.3. The second-order valence-corrected chi connectivity index (χ2v) is 6.42. The van der Waals surface area contributed by atoms with Crippen molar-refractivity contribution in [2.75, 3.05) is 5.32 Å². The predicted molar refractivity (Wildman–Crippen MR) is 96.2 cm³/mol. The Kier molecular flexibility index (Phi) is 4.65. The Labute approximate surface area is 141 Å². The van der Waals surface area contributed by atoms with Gasteiger partial charge in [-0.1, -0.05) is 43.7 Å². The summed E-state index contributed by atoms with van der Waals surface area (Å²) in [4.78, 5) is 16.6. The Morgan fingerprint density at radius 1 is 1.17 bits per heavy atom. The largest absolute Gasteiger partial charge is 0.440 e. The minimum absolute atomic E-state index is 0.00137. The summed E-state index contributed by atoms with van der Waals surface area (Å²) in [6.45, 7) is 6.14. The van der Waals surface area contributed by atoms with E-state index in [0.717, 1.165) is 17.6 Å². The highest BCUT2D eigenvalue weighted by Crippen LogP contribution is 2.24. The molecule has 0 atom stereocenters. The number of benzene rings is 2. The van der Waals surface area contributed by atoms with Crippen LogP contribution in [0, 0.1) is 6.92 Å². The number of amides is 1. The van der Waals surface area contributed by atoms with Gasteiger partial charge in [-0.2, -0.15) is 0 Å². The summed E-state index contributed by atoms with van der Waals surface area (Å²) < 4.78 is 5.73. The van der Waals surface area contributed by atoms with Crippen LogP contribution < -0.4 is 5.32 Å². The fourth-order valence-corrected chi connectivity index (χ4v) is 2.50. The van der Waals surface area contributed by atoms with Gasteiger partial charge >= 0.3 is 0 Å². The van der Waals surface area contributed by atoms with Crippen molar-refractivity contribution in [3.8, 4) is 0 Å². The molecule has 24 heavy (non-hydrogen) atoms. The van der Waals surface area contributed by atoms with E-state index < -0.39 is 0 Å². The maximum atomic E-state index is 12.1. The first-order chi connectivity index (χ1) is 11.5. The molecule has 0 aliphatic carbocycles. The van der Waals surface area contributed by atoms with E-state index in [9.17, 15) is 4.79 Å². The van der Waals surface area contributed by atoms with Crippen LogP contribution in [0.4, 0.5) is 5.69 Å². The molecule has 2 aromatic carbocycles. The first-order valence-electron chi connectivity index (χ1n) is 8.27. The van der Waals surface area contributed by atoms with Gasteiger partial charge in [0.25, 0.3) is 0 Å². The minimum Gasteiger partial charge on any atom is -0.440 e. The number of hydrogen-bond donors (Lipinski definition) is 1. The van der Waals surface area contributed by atoms with E-state index in [2.05, 4.69) is 41.5 Å². The number of oxazole rings is 1. The van der Waals surface area contributed by atoms with Crippen LogP contribution in [0.5, 0.6) is 0 Å². The zero-order chi connectivity index (χ0) is 17.1. The molecule has 4 heteroatoms. The van der Waals surface area contributed by atoms with Gasteiger partial charge in [-0.05, 0) is 31.0 Å². The molecule has 0 bridgehead atoms. The van der Waals surface area contributed by atoms with Gasteiger partial charge in [-0.15, -0.1) is 0 Å². The summed E-state index contributed by atoms with van der Waals surface area (Å²) >= 11 is 0. The van der Waals surface area contributed by atoms with Gasteiger partial charge < -0.3 is 9.73 Å². The summed E-state index contributed by atoms with van der Waals surface area (Å²) in [6, 6.07) is 13.8. The van der Waals surface area contributed by atoms with E-state index in [1.807, 2.05) is 32.0 Å². The molecule has 0 aliphatic rings.